The molecule has 1 aliphatic rings. The maximum atomic E-state index is 11.8. The molecule has 0 spiro atoms. The maximum Gasteiger partial charge on any atom is 0.301 e. The van der Waals surface area contributed by atoms with Crippen molar-refractivity contribution in [1.82, 2.24) is 9.71 Å². The molecule has 0 atom stereocenters. The summed E-state index contributed by atoms with van der Waals surface area (Å²) in [5, 5.41) is 0.176. The highest BCUT2D eigenvalue weighted by atomic mass is 79.9. The molecular formula is C8H9BrClN3O2S. The summed E-state index contributed by atoms with van der Waals surface area (Å²) in [6.07, 6.45) is 2.26. The van der Waals surface area contributed by atoms with Gasteiger partial charge in [-0.15, -0.1) is 0 Å². The first-order chi connectivity index (χ1) is 7.50. The van der Waals surface area contributed by atoms with Gasteiger partial charge >= 0.3 is 10.2 Å². The van der Waals surface area contributed by atoms with Crippen molar-refractivity contribution in [2.45, 2.75) is 6.42 Å². The average molecular weight is 327 g/mol. The fourth-order valence-corrected chi connectivity index (χ4v) is 3.36. The largest absolute Gasteiger partial charge is 0.301 e. The van der Waals surface area contributed by atoms with Crippen molar-refractivity contribution in [3.8, 4) is 0 Å². The summed E-state index contributed by atoms with van der Waals surface area (Å²) in [6, 6.07) is 1.64. The van der Waals surface area contributed by atoms with Gasteiger partial charge < -0.3 is 0 Å². The van der Waals surface area contributed by atoms with Crippen LogP contribution in [-0.2, 0) is 10.2 Å². The van der Waals surface area contributed by atoms with Crippen LogP contribution in [-0.4, -0.2) is 26.5 Å². The van der Waals surface area contributed by atoms with E-state index in [1.165, 1.54) is 10.5 Å². The van der Waals surface area contributed by atoms with Crippen molar-refractivity contribution in [1.29, 1.82) is 0 Å². The molecule has 1 fully saturated rings. The van der Waals surface area contributed by atoms with Crippen molar-refractivity contribution in [3.05, 3.63) is 21.9 Å². The smallest absolute Gasteiger partial charge is 0.255 e. The lowest BCUT2D eigenvalue weighted by atomic mass is 10.3. The van der Waals surface area contributed by atoms with Crippen LogP contribution < -0.4 is 9.03 Å². The van der Waals surface area contributed by atoms with Gasteiger partial charge in [-0.1, -0.05) is 11.6 Å². The Morgan fingerprint density at radius 1 is 1.56 bits per heavy atom. The summed E-state index contributed by atoms with van der Waals surface area (Å²) in [4.78, 5) is 3.90. The number of rotatable bonds is 1. The first kappa shape index (κ1) is 12.1. The summed E-state index contributed by atoms with van der Waals surface area (Å²) < 4.78 is 27.9. The van der Waals surface area contributed by atoms with E-state index in [0.717, 1.165) is 6.42 Å². The molecular weight excluding hydrogens is 318 g/mol. The number of pyridine rings is 1. The first-order valence-electron chi connectivity index (χ1n) is 4.59. The van der Waals surface area contributed by atoms with Crippen molar-refractivity contribution >= 4 is 43.4 Å². The highest BCUT2D eigenvalue weighted by Crippen LogP contribution is 2.29. The van der Waals surface area contributed by atoms with E-state index in [0.29, 0.717) is 23.2 Å². The third-order valence-electron chi connectivity index (χ3n) is 2.17. The number of hydrogen-bond donors (Lipinski definition) is 1. The van der Waals surface area contributed by atoms with Crippen LogP contribution in [0, 0.1) is 0 Å². The van der Waals surface area contributed by atoms with E-state index in [1.807, 2.05) is 0 Å². The van der Waals surface area contributed by atoms with E-state index in [9.17, 15) is 8.42 Å². The molecule has 0 bridgehead atoms. The van der Waals surface area contributed by atoms with Gasteiger partial charge in [0.05, 0.1) is 5.69 Å². The number of nitrogens with one attached hydrogen (secondary N) is 1. The quantitative estimate of drug-likeness (QED) is 0.796. The van der Waals surface area contributed by atoms with Gasteiger partial charge in [-0.25, -0.2) is 4.98 Å². The third kappa shape index (κ3) is 2.32. The van der Waals surface area contributed by atoms with Crippen molar-refractivity contribution < 1.29 is 8.42 Å². The molecule has 0 aromatic carbocycles. The van der Waals surface area contributed by atoms with Crippen LogP contribution in [0.1, 0.15) is 6.42 Å². The minimum Gasteiger partial charge on any atom is -0.255 e. The van der Waals surface area contributed by atoms with Crippen LogP contribution in [0.5, 0.6) is 0 Å². The molecule has 0 radical (unpaired) electrons. The summed E-state index contributed by atoms with van der Waals surface area (Å²) in [7, 11) is -3.48. The maximum absolute atomic E-state index is 11.8. The molecule has 2 heterocycles. The minimum atomic E-state index is -3.48. The molecule has 88 valence electrons. The molecule has 1 aliphatic heterocycles. The van der Waals surface area contributed by atoms with E-state index in [4.69, 9.17) is 11.6 Å². The van der Waals surface area contributed by atoms with Crippen LogP contribution in [0.25, 0.3) is 0 Å². The Bertz CT molecular complexity index is 508. The lowest BCUT2D eigenvalue weighted by Gasteiger charge is -2.28. The average Bonchev–Trinajstić information content (AvgIpc) is 2.22. The highest BCUT2D eigenvalue weighted by molar-refractivity contribution is 9.10. The summed E-state index contributed by atoms with van der Waals surface area (Å²) in [5.41, 5.74) is 0.392. The monoisotopic (exact) mass is 325 g/mol. The van der Waals surface area contributed by atoms with Crippen molar-refractivity contribution in [3.63, 3.8) is 0 Å². The van der Waals surface area contributed by atoms with E-state index in [1.54, 1.807) is 6.07 Å². The molecule has 0 saturated carbocycles. The second-order valence-electron chi connectivity index (χ2n) is 3.29. The Morgan fingerprint density at radius 2 is 2.31 bits per heavy atom. The Hall–Kier alpha value is -0.370. The van der Waals surface area contributed by atoms with Crippen LogP contribution in [0.2, 0.25) is 5.15 Å². The molecule has 1 aromatic heterocycles. The van der Waals surface area contributed by atoms with Gasteiger partial charge in [0.1, 0.15) is 0 Å². The molecule has 0 amide bonds. The first-order valence-corrected chi connectivity index (χ1v) is 7.20. The Kier molecular flexibility index (Phi) is 3.39. The zero-order valence-corrected chi connectivity index (χ0v) is 11.3. The second kappa shape index (κ2) is 4.48. The summed E-state index contributed by atoms with van der Waals surface area (Å²) >= 11 is 9.13. The van der Waals surface area contributed by atoms with Gasteiger partial charge in [-0.2, -0.15) is 13.1 Å². The Labute approximate surface area is 107 Å². The lowest BCUT2D eigenvalue weighted by molar-refractivity contribution is 0.560. The van der Waals surface area contributed by atoms with E-state index in [2.05, 4.69) is 25.6 Å². The van der Waals surface area contributed by atoms with Gasteiger partial charge in [0.15, 0.2) is 5.15 Å². The van der Waals surface area contributed by atoms with E-state index < -0.39 is 10.2 Å². The van der Waals surface area contributed by atoms with Gasteiger partial charge in [-0.3, -0.25) is 4.31 Å². The topological polar surface area (TPSA) is 62.3 Å². The summed E-state index contributed by atoms with van der Waals surface area (Å²) in [6.45, 7) is 0.866. The molecule has 16 heavy (non-hydrogen) atoms. The number of nitrogens with zero attached hydrogens (tertiary/aromatic N) is 2. The standard InChI is InChI=1S/C8H9BrClN3O2S/c9-6-4-7(8(10)11-5-6)13-3-1-2-12-16(13,14)15/h4-5,12H,1-3H2. The fourth-order valence-electron chi connectivity index (χ4n) is 1.46. The molecule has 2 rings (SSSR count). The second-order valence-corrected chi connectivity index (χ2v) is 6.24. The van der Waals surface area contributed by atoms with Crippen LogP contribution in [0.3, 0.4) is 0 Å². The zero-order valence-electron chi connectivity index (χ0n) is 8.15. The molecule has 5 nitrogen and oxygen atoms in total. The lowest BCUT2D eigenvalue weighted by Crippen LogP contribution is -2.47. The van der Waals surface area contributed by atoms with E-state index >= 15 is 0 Å². The van der Waals surface area contributed by atoms with Gasteiger partial charge in [0, 0.05) is 23.8 Å². The van der Waals surface area contributed by atoms with Crippen molar-refractivity contribution in [2.75, 3.05) is 17.4 Å². The van der Waals surface area contributed by atoms with Crippen LogP contribution in [0.15, 0.2) is 16.7 Å². The SMILES string of the molecule is O=S1(=O)NCCCN1c1cc(Br)cnc1Cl. The molecule has 8 heteroatoms. The summed E-state index contributed by atoms with van der Waals surface area (Å²) in [5.74, 6) is 0. The number of aromatic nitrogens is 1. The molecule has 0 unspecified atom stereocenters. The third-order valence-corrected chi connectivity index (χ3v) is 4.42. The van der Waals surface area contributed by atoms with Gasteiger partial charge in [0.25, 0.3) is 0 Å². The predicted octanol–water partition coefficient (Wildman–Crippen LogP) is 1.54. The van der Waals surface area contributed by atoms with Crippen molar-refractivity contribution in [2.24, 2.45) is 0 Å². The predicted molar refractivity (Wildman–Crippen MR) is 65.8 cm³/mol. The fraction of sp³-hybridized carbons (Fsp3) is 0.375. The molecule has 1 aromatic rings. The van der Waals surface area contributed by atoms with E-state index in [-0.39, 0.29) is 5.15 Å². The highest BCUT2D eigenvalue weighted by Gasteiger charge is 2.27. The number of anilines is 1. The minimum absolute atomic E-state index is 0.176. The van der Waals surface area contributed by atoms with Gasteiger partial charge in [0.2, 0.25) is 0 Å². The normalized spacial score (nSPS) is 19.8. The molecule has 1 N–H and O–H groups in total. The Morgan fingerprint density at radius 3 is 3.00 bits per heavy atom. The van der Waals surface area contributed by atoms with Crippen LogP contribution >= 0.6 is 27.5 Å². The van der Waals surface area contributed by atoms with Gasteiger partial charge in [-0.05, 0) is 28.4 Å². The van der Waals surface area contributed by atoms with Crippen LogP contribution in [0.4, 0.5) is 5.69 Å². The molecule has 0 aliphatic carbocycles. The zero-order chi connectivity index (χ0) is 11.8. The Balaban J connectivity index is 2.46. The molecule has 1 saturated heterocycles. The number of halogens is 2. The number of hydrogen-bond acceptors (Lipinski definition) is 3.